The van der Waals surface area contributed by atoms with Gasteiger partial charge in [-0.05, 0) is 46.3 Å². The van der Waals surface area contributed by atoms with Gasteiger partial charge in [-0.1, -0.05) is 17.7 Å². The Kier molecular flexibility index (Phi) is 3.29. The molecule has 0 spiro atoms. The van der Waals surface area contributed by atoms with Crippen LogP contribution >= 0.6 is 27.5 Å². The minimum Gasteiger partial charge on any atom is -0.328 e. The topological polar surface area (TPSA) is 17.8 Å². The van der Waals surface area contributed by atoms with Crippen molar-refractivity contribution in [3.05, 3.63) is 63.6 Å². The Bertz CT molecular complexity index is 754. The van der Waals surface area contributed by atoms with Crippen molar-refractivity contribution in [2.45, 2.75) is 6.54 Å². The first-order valence-corrected chi connectivity index (χ1v) is 6.86. The van der Waals surface area contributed by atoms with Crippen molar-refractivity contribution in [3.8, 4) is 0 Å². The van der Waals surface area contributed by atoms with Crippen molar-refractivity contribution in [2.75, 3.05) is 0 Å². The second kappa shape index (κ2) is 4.94. The molecule has 0 N–H and O–H groups in total. The quantitative estimate of drug-likeness (QED) is 0.622. The second-order valence-electron chi connectivity index (χ2n) is 4.23. The molecule has 19 heavy (non-hydrogen) atoms. The van der Waals surface area contributed by atoms with Gasteiger partial charge in [0.2, 0.25) is 0 Å². The van der Waals surface area contributed by atoms with E-state index in [-0.39, 0.29) is 5.82 Å². The third-order valence-electron chi connectivity index (χ3n) is 2.93. The first-order chi connectivity index (χ1) is 9.13. The number of pyridine rings is 1. The average Bonchev–Trinajstić information content (AvgIpc) is 2.75. The van der Waals surface area contributed by atoms with Crippen molar-refractivity contribution in [3.63, 3.8) is 0 Å². The molecule has 0 atom stereocenters. The van der Waals surface area contributed by atoms with Crippen molar-refractivity contribution in [1.82, 2.24) is 9.55 Å². The Balaban J connectivity index is 2.03. The number of rotatable bonds is 2. The number of nitrogens with zero attached hydrogens (tertiary/aromatic N) is 2. The highest BCUT2D eigenvalue weighted by Gasteiger charge is 2.07. The van der Waals surface area contributed by atoms with Gasteiger partial charge < -0.3 is 4.57 Å². The molecule has 2 nitrogen and oxygen atoms in total. The monoisotopic (exact) mass is 338 g/mol. The van der Waals surface area contributed by atoms with E-state index in [1.54, 1.807) is 12.1 Å². The molecule has 0 aliphatic rings. The maximum atomic E-state index is 13.8. The van der Waals surface area contributed by atoms with Gasteiger partial charge >= 0.3 is 0 Å². The van der Waals surface area contributed by atoms with Crippen LogP contribution in [0.4, 0.5) is 4.39 Å². The third kappa shape index (κ3) is 2.51. The van der Waals surface area contributed by atoms with Crippen molar-refractivity contribution in [1.29, 1.82) is 0 Å². The van der Waals surface area contributed by atoms with Crippen LogP contribution < -0.4 is 0 Å². The van der Waals surface area contributed by atoms with E-state index in [9.17, 15) is 4.39 Å². The Morgan fingerprint density at radius 2 is 2.05 bits per heavy atom. The summed E-state index contributed by atoms with van der Waals surface area (Å²) in [6.07, 6.45) is 1.90. The molecule has 1 aromatic carbocycles. The normalized spacial score (nSPS) is 11.1. The molecule has 3 aromatic rings. The van der Waals surface area contributed by atoms with Gasteiger partial charge in [0.15, 0.2) is 0 Å². The highest BCUT2D eigenvalue weighted by Crippen LogP contribution is 2.20. The summed E-state index contributed by atoms with van der Waals surface area (Å²) in [5.74, 6) is -0.302. The Hall–Kier alpha value is -1.39. The SMILES string of the molecule is Fc1cc(Cl)ccc1Cn1ccc2ccc(Br)nc21. The average molecular weight is 340 g/mol. The zero-order valence-corrected chi connectivity index (χ0v) is 12.1. The van der Waals surface area contributed by atoms with Crippen molar-refractivity contribution in [2.24, 2.45) is 0 Å². The van der Waals surface area contributed by atoms with Crippen LogP contribution in [0.5, 0.6) is 0 Å². The molecular weight excluding hydrogens is 331 g/mol. The number of fused-ring (bicyclic) bond motifs is 1. The fourth-order valence-electron chi connectivity index (χ4n) is 2.00. The van der Waals surface area contributed by atoms with Gasteiger partial charge in [-0.25, -0.2) is 9.37 Å². The van der Waals surface area contributed by atoms with Crippen LogP contribution in [0.3, 0.4) is 0 Å². The predicted octanol–water partition coefficient (Wildman–Crippen LogP) is 4.64. The minimum absolute atomic E-state index is 0.302. The maximum absolute atomic E-state index is 13.8. The fraction of sp³-hybridized carbons (Fsp3) is 0.0714. The summed E-state index contributed by atoms with van der Waals surface area (Å²) < 4.78 is 16.5. The lowest BCUT2D eigenvalue weighted by atomic mass is 10.2. The molecule has 0 amide bonds. The Labute approximate surface area is 123 Å². The van der Waals surface area contributed by atoms with E-state index < -0.39 is 0 Å². The van der Waals surface area contributed by atoms with Crippen LogP contribution in [0.25, 0.3) is 11.0 Å². The lowest BCUT2D eigenvalue weighted by Gasteiger charge is -2.07. The van der Waals surface area contributed by atoms with E-state index in [0.29, 0.717) is 17.1 Å². The zero-order valence-electron chi connectivity index (χ0n) is 9.78. The lowest BCUT2D eigenvalue weighted by Crippen LogP contribution is -2.01. The molecule has 2 heterocycles. The molecule has 0 aliphatic carbocycles. The van der Waals surface area contributed by atoms with E-state index >= 15 is 0 Å². The number of hydrogen-bond donors (Lipinski definition) is 0. The van der Waals surface area contributed by atoms with Gasteiger partial charge in [-0.15, -0.1) is 0 Å². The zero-order chi connectivity index (χ0) is 13.4. The molecule has 0 unspecified atom stereocenters. The van der Waals surface area contributed by atoms with E-state index in [1.165, 1.54) is 6.07 Å². The van der Waals surface area contributed by atoms with Gasteiger partial charge in [0.25, 0.3) is 0 Å². The minimum atomic E-state index is -0.302. The number of benzene rings is 1. The Morgan fingerprint density at radius 1 is 1.21 bits per heavy atom. The van der Waals surface area contributed by atoms with E-state index in [4.69, 9.17) is 11.6 Å². The van der Waals surface area contributed by atoms with Crippen LogP contribution in [0.1, 0.15) is 5.56 Å². The lowest BCUT2D eigenvalue weighted by molar-refractivity contribution is 0.601. The summed E-state index contributed by atoms with van der Waals surface area (Å²) >= 11 is 9.09. The van der Waals surface area contributed by atoms with Gasteiger partial charge in [0.05, 0.1) is 6.54 Å². The van der Waals surface area contributed by atoms with Crippen molar-refractivity contribution >= 4 is 38.6 Å². The molecule has 2 aromatic heterocycles. The summed E-state index contributed by atoms with van der Waals surface area (Å²) in [6, 6.07) is 10.5. The van der Waals surface area contributed by atoms with E-state index in [1.807, 2.05) is 29.0 Å². The molecule has 0 fully saturated rings. The van der Waals surface area contributed by atoms with E-state index in [2.05, 4.69) is 20.9 Å². The summed E-state index contributed by atoms with van der Waals surface area (Å²) in [4.78, 5) is 4.41. The highest BCUT2D eigenvalue weighted by molar-refractivity contribution is 9.10. The Morgan fingerprint density at radius 3 is 2.84 bits per heavy atom. The molecule has 0 radical (unpaired) electrons. The summed E-state index contributed by atoms with van der Waals surface area (Å²) in [6.45, 7) is 0.427. The molecule has 0 saturated carbocycles. The smallest absolute Gasteiger partial charge is 0.141 e. The molecule has 0 bridgehead atoms. The maximum Gasteiger partial charge on any atom is 0.141 e. The van der Waals surface area contributed by atoms with E-state index in [0.717, 1.165) is 15.6 Å². The molecule has 3 rings (SSSR count). The highest BCUT2D eigenvalue weighted by atomic mass is 79.9. The van der Waals surface area contributed by atoms with Crippen molar-refractivity contribution < 1.29 is 4.39 Å². The fourth-order valence-corrected chi connectivity index (χ4v) is 2.46. The summed E-state index contributed by atoms with van der Waals surface area (Å²) in [5.41, 5.74) is 1.41. The van der Waals surface area contributed by atoms with Crippen LogP contribution in [0.15, 0.2) is 47.2 Å². The summed E-state index contributed by atoms with van der Waals surface area (Å²) in [5, 5.41) is 1.43. The molecule has 5 heteroatoms. The van der Waals surface area contributed by atoms with Gasteiger partial charge in [0, 0.05) is 22.2 Å². The van der Waals surface area contributed by atoms with Crippen LogP contribution in [-0.2, 0) is 6.54 Å². The number of aromatic nitrogens is 2. The summed E-state index contributed by atoms with van der Waals surface area (Å²) in [7, 11) is 0. The van der Waals surface area contributed by atoms with Crippen LogP contribution in [0, 0.1) is 5.82 Å². The van der Waals surface area contributed by atoms with Gasteiger partial charge in [-0.2, -0.15) is 0 Å². The first-order valence-electron chi connectivity index (χ1n) is 5.69. The third-order valence-corrected chi connectivity index (χ3v) is 3.61. The first kappa shape index (κ1) is 12.6. The van der Waals surface area contributed by atoms with Crippen LogP contribution in [-0.4, -0.2) is 9.55 Å². The largest absolute Gasteiger partial charge is 0.328 e. The molecule has 0 saturated heterocycles. The molecular formula is C14H9BrClFN2. The van der Waals surface area contributed by atoms with Gasteiger partial charge in [-0.3, -0.25) is 0 Å². The van der Waals surface area contributed by atoms with Crippen LogP contribution in [0.2, 0.25) is 5.02 Å². The van der Waals surface area contributed by atoms with Gasteiger partial charge in [0.1, 0.15) is 16.1 Å². The predicted molar refractivity (Wildman–Crippen MR) is 77.9 cm³/mol. The number of halogens is 3. The molecule has 0 aliphatic heterocycles. The second-order valence-corrected chi connectivity index (χ2v) is 5.48. The molecule has 96 valence electrons. The standard InChI is InChI=1S/C14H9BrClFN2/c15-13-4-2-9-5-6-19(14(9)18-13)8-10-1-3-11(16)7-12(10)17/h1-7H,8H2. The number of hydrogen-bond acceptors (Lipinski definition) is 1.